The number of hydrogen-bond acceptors (Lipinski definition) is 3. The van der Waals surface area contributed by atoms with Gasteiger partial charge in [0, 0.05) is 12.2 Å². The van der Waals surface area contributed by atoms with Crippen LogP contribution in [0.2, 0.25) is 0 Å². The molecular weight excluding hydrogens is 244 g/mol. The molecule has 5 nitrogen and oxygen atoms in total. The smallest absolute Gasteiger partial charge is 0.307 e. The number of carboxylic acids is 1. The summed E-state index contributed by atoms with van der Waals surface area (Å²) in [5, 5.41) is 14.7. The summed E-state index contributed by atoms with van der Waals surface area (Å²) in [6.45, 7) is 3.50. The van der Waals surface area contributed by atoms with Crippen molar-refractivity contribution in [2.75, 3.05) is 18.4 Å². The first kappa shape index (κ1) is 13.5. The zero-order valence-corrected chi connectivity index (χ0v) is 10.9. The van der Waals surface area contributed by atoms with Crippen LogP contribution in [0.1, 0.15) is 18.9 Å². The van der Waals surface area contributed by atoms with Crippen LogP contribution >= 0.6 is 0 Å². The third kappa shape index (κ3) is 3.32. The average molecular weight is 262 g/mol. The van der Waals surface area contributed by atoms with Crippen molar-refractivity contribution in [1.29, 1.82) is 0 Å². The van der Waals surface area contributed by atoms with Gasteiger partial charge in [-0.25, -0.2) is 0 Å². The van der Waals surface area contributed by atoms with Crippen molar-refractivity contribution in [2.24, 2.45) is 5.41 Å². The number of aliphatic carboxylic acids is 1. The van der Waals surface area contributed by atoms with Crippen LogP contribution in [0.3, 0.4) is 0 Å². The number of carboxylic acid groups (broad SMARTS) is 1. The average Bonchev–Trinajstić information content (AvgIpc) is 2.79. The fourth-order valence-corrected chi connectivity index (χ4v) is 2.17. The lowest BCUT2D eigenvalue weighted by Crippen LogP contribution is -2.35. The van der Waals surface area contributed by atoms with E-state index in [2.05, 4.69) is 10.6 Å². The third-order valence-electron chi connectivity index (χ3n) is 3.48. The number of amides is 1. The van der Waals surface area contributed by atoms with E-state index in [0.717, 1.165) is 18.5 Å². The monoisotopic (exact) mass is 262 g/mol. The first-order chi connectivity index (χ1) is 8.99. The maximum Gasteiger partial charge on any atom is 0.307 e. The first-order valence-corrected chi connectivity index (χ1v) is 6.32. The Kier molecular flexibility index (Phi) is 3.85. The van der Waals surface area contributed by atoms with Gasteiger partial charge in [-0.05, 0) is 37.6 Å². The second-order valence-electron chi connectivity index (χ2n) is 5.21. The lowest BCUT2D eigenvalue weighted by atomic mass is 9.88. The van der Waals surface area contributed by atoms with Crippen molar-refractivity contribution in [1.82, 2.24) is 5.32 Å². The van der Waals surface area contributed by atoms with Crippen molar-refractivity contribution in [3.8, 4) is 0 Å². The van der Waals surface area contributed by atoms with E-state index in [0.29, 0.717) is 12.2 Å². The highest BCUT2D eigenvalue weighted by Crippen LogP contribution is 2.26. The SMILES string of the molecule is CC1(C(=O)Nc2ccc(CC(=O)O)cc2)CCNC1. The van der Waals surface area contributed by atoms with Crippen LogP contribution in [0.5, 0.6) is 0 Å². The summed E-state index contributed by atoms with van der Waals surface area (Å²) in [6.07, 6.45) is 0.825. The summed E-state index contributed by atoms with van der Waals surface area (Å²) in [5.41, 5.74) is 1.06. The highest BCUT2D eigenvalue weighted by atomic mass is 16.4. The summed E-state index contributed by atoms with van der Waals surface area (Å²) in [5.74, 6) is -0.857. The Balaban J connectivity index is 1.99. The first-order valence-electron chi connectivity index (χ1n) is 6.32. The van der Waals surface area contributed by atoms with E-state index in [1.807, 2.05) is 6.92 Å². The predicted octanol–water partition coefficient (Wildman–Crippen LogP) is 1.25. The summed E-state index contributed by atoms with van der Waals surface area (Å²) < 4.78 is 0. The molecule has 2 rings (SSSR count). The molecule has 19 heavy (non-hydrogen) atoms. The molecule has 0 radical (unpaired) electrons. The molecule has 1 fully saturated rings. The number of carbonyl (C=O) groups excluding carboxylic acids is 1. The number of rotatable bonds is 4. The molecule has 0 aromatic heterocycles. The molecule has 1 aliphatic rings. The predicted molar refractivity (Wildman–Crippen MR) is 72.0 cm³/mol. The van der Waals surface area contributed by atoms with Gasteiger partial charge < -0.3 is 15.7 Å². The van der Waals surface area contributed by atoms with Gasteiger partial charge >= 0.3 is 5.97 Å². The van der Waals surface area contributed by atoms with Gasteiger partial charge in [-0.15, -0.1) is 0 Å². The fraction of sp³-hybridized carbons (Fsp3) is 0.429. The molecule has 1 saturated heterocycles. The Bertz CT molecular complexity index is 476. The molecule has 1 aromatic carbocycles. The molecule has 0 saturated carbocycles. The van der Waals surface area contributed by atoms with Gasteiger partial charge in [-0.2, -0.15) is 0 Å². The van der Waals surface area contributed by atoms with Crippen LogP contribution in [-0.4, -0.2) is 30.1 Å². The van der Waals surface area contributed by atoms with Crippen molar-refractivity contribution in [2.45, 2.75) is 19.8 Å². The Hall–Kier alpha value is -1.88. The maximum absolute atomic E-state index is 12.2. The standard InChI is InChI=1S/C14H18N2O3/c1-14(6-7-15-9-14)13(19)16-11-4-2-10(3-5-11)8-12(17)18/h2-5,15H,6-9H2,1H3,(H,16,19)(H,17,18). The number of anilines is 1. The van der Waals surface area contributed by atoms with Crippen LogP contribution < -0.4 is 10.6 Å². The zero-order valence-electron chi connectivity index (χ0n) is 10.9. The topological polar surface area (TPSA) is 78.4 Å². The number of carbonyl (C=O) groups is 2. The highest BCUT2D eigenvalue weighted by Gasteiger charge is 2.36. The van der Waals surface area contributed by atoms with E-state index in [4.69, 9.17) is 5.11 Å². The molecule has 0 bridgehead atoms. The summed E-state index contributed by atoms with van der Waals surface area (Å²) in [4.78, 5) is 22.7. The number of hydrogen-bond donors (Lipinski definition) is 3. The second kappa shape index (κ2) is 5.40. The molecular formula is C14H18N2O3. The normalized spacial score (nSPS) is 22.2. The van der Waals surface area contributed by atoms with Gasteiger partial charge in [0.05, 0.1) is 11.8 Å². The lowest BCUT2D eigenvalue weighted by molar-refractivity contribution is -0.136. The van der Waals surface area contributed by atoms with Gasteiger partial charge in [-0.1, -0.05) is 12.1 Å². The molecule has 5 heteroatoms. The van der Waals surface area contributed by atoms with Crippen LogP contribution in [-0.2, 0) is 16.0 Å². The Morgan fingerprint density at radius 3 is 2.58 bits per heavy atom. The van der Waals surface area contributed by atoms with E-state index in [-0.39, 0.29) is 17.7 Å². The van der Waals surface area contributed by atoms with Gasteiger partial charge in [0.25, 0.3) is 0 Å². The molecule has 1 aromatic rings. The van der Waals surface area contributed by atoms with Crippen LogP contribution in [0.15, 0.2) is 24.3 Å². The van der Waals surface area contributed by atoms with Crippen molar-refractivity contribution in [3.05, 3.63) is 29.8 Å². The van der Waals surface area contributed by atoms with E-state index < -0.39 is 5.97 Å². The zero-order chi connectivity index (χ0) is 13.9. The molecule has 1 aliphatic heterocycles. The summed E-state index contributed by atoms with van der Waals surface area (Å²) >= 11 is 0. The molecule has 1 atom stereocenters. The Labute approximate surface area is 112 Å². The van der Waals surface area contributed by atoms with Crippen molar-refractivity contribution in [3.63, 3.8) is 0 Å². The van der Waals surface area contributed by atoms with Crippen molar-refractivity contribution >= 4 is 17.6 Å². The Morgan fingerprint density at radius 1 is 1.37 bits per heavy atom. The van der Waals surface area contributed by atoms with Gasteiger partial charge in [-0.3, -0.25) is 9.59 Å². The molecule has 0 spiro atoms. The summed E-state index contributed by atoms with van der Waals surface area (Å²) in [7, 11) is 0. The fourth-order valence-electron chi connectivity index (χ4n) is 2.17. The third-order valence-corrected chi connectivity index (χ3v) is 3.48. The van der Waals surface area contributed by atoms with E-state index in [9.17, 15) is 9.59 Å². The lowest BCUT2D eigenvalue weighted by Gasteiger charge is -2.21. The van der Waals surface area contributed by atoms with Gasteiger partial charge in [0.2, 0.25) is 5.91 Å². The minimum Gasteiger partial charge on any atom is -0.481 e. The largest absolute Gasteiger partial charge is 0.481 e. The summed E-state index contributed by atoms with van der Waals surface area (Å²) in [6, 6.07) is 6.92. The van der Waals surface area contributed by atoms with E-state index in [1.165, 1.54) is 0 Å². The molecule has 1 unspecified atom stereocenters. The highest BCUT2D eigenvalue weighted by molar-refractivity contribution is 5.95. The molecule has 1 amide bonds. The molecule has 1 heterocycles. The van der Waals surface area contributed by atoms with Crippen LogP contribution in [0, 0.1) is 5.41 Å². The maximum atomic E-state index is 12.2. The second-order valence-corrected chi connectivity index (χ2v) is 5.21. The minimum atomic E-state index is -0.860. The Morgan fingerprint density at radius 2 is 2.05 bits per heavy atom. The van der Waals surface area contributed by atoms with Gasteiger partial charge in [0.1, 0.15) is 0 Å². The van der Waals surface area contributed by atoms with Gasteiger partial charge in [0.15, 0.2) is 0 Å². The number of benzene rings is 1. The minimum absolute atomic E-state index is 0.00323. The quantitative estimate of drug-likeness (QED) is 0.763. The molecule has 3 N–H and O–H groups in total. The molecule has 0 aliphatic carbocycles. The molecule has 102 valence electrons. The van der Waals surface area contributed by atoms with E-state index in [1.54, 1.807) is 24.3 Å². The van der Waals surface area contributed by atoms with Crippen LogP contribution in [0.4, 0.5) is 5.69 Å². The number of nitrogens with one attached hydrogen (secondary N) is 2. The van der Waals surface area contributed by atoms with E-state index >= 15 is 0 Å². The van der Waals surface area contributed by atoms with Crippen LogP contribution in [0.25, 0.3) is 0 Å². The van der Waals surface area contributed by atoms with Crippen molar-refractivity contribution < 1.29 is 14.7 Å².